The number of benzene rings is 3. The van der Waals surface area contributed by atoms with E-state index in [1.54, 1.807) is 12.1 Å². The van der Waals surface area contributed by atoms with Crippen LogP contribution < -0.4 is 10.4 Å². The maximum Gasteiger partial charge on any atom is 0.0715 e. The summed E-state index contributed by atoms with van der Waals surface area (Å²) in [5, 5.41) is 17.5. The van der Waals surface area contributed by atoms with E-state index in [0.29, 0.717) is 5.92 Å². The predicted molar refractivity (Wildman–Crippen MR) is 101 cm³/mol. The van der Waals surface area contributed by atoms with Crippen LogP contribution in [0, 0.1) is 5.92 Å². The highest BCUT2D eigenvalue weighted by Gasteiger charge is 2.38. The largest absolute Gasteiger partial charge is 0.545 e. The zero-order valence-electron chi connectivity index (χ0n) is 14.2. The van der Waals surface area contributed by atoms with Gasteiger partial charge in [0.05, 0.1) is 12.0 Å². The molecule has 5 rings (SSSR count). The lowest BCUT2D eigenvalue weighted by Crippen LogP contribution is -2.30. The number of hydrogen-bond acceptors (Lipinski definition) is 3. The van der Waals surface area contributed by atoms with Gasteiger partial charge in [-0.15, -0.1) is 0 Å². The molecule has 1 heterocycles. The summed E-state index contributed by atoms with van der Waals surface area (Å²) in [6, 6.07) is 20.4. The molecular weight excluding hydrogens is 322 g/mol. The second kappa shape index (κ2) is 5.73. The molecule has 1 aliphatic carbocycles. The fourth-order valence-electron chi connectivity index (χ4n) is 4.55. The van der Waals surface area contributed by atoms with Gasteiger partial charge in [0.25, 0.3) is 0 Å². The Labute approximate surface area is 152 Å². The van der Waals surface area contributed by atoms with Crippen LogP contribution >= 0.6 is 0 Å². The van der Waals surface area contributed by atoms with Crippen LogP contribution in [0.2, 0.25) is 0 Å². The third-order valence-corrected chi connectivity index (χ3v) is 5.76. The standard InChI is InChI=1S/C23H19NO2/c25-23(26)15-11-12-21-20(13-15)17-8-4-10-19(17)22(24-21)18-9-3-6-14-5-1-2-7-16(14)18/h1-9,11-13,17,19,22,24H,10H2,(H,25,26)/p-1. The van der Waals surface area contributed by atoms with Gasteiger partial charge in [0.2, 0.25) is 0 Å². The van der Waals surface area contributed by atoms with E-state index in [4.69, 9.17) is 0 Å². The third-order valence-electron chi connectivity index (χ3n) is 5.76. The summed E-state index contributed by atoms with van der Waals surface area (Å²) in [6.45, 7) is 0. The number of nitrogens with one attached hydrogen (secondary N) is 1. The van der Waals surface area contributed by atoms with Crippen molar-refractivity contribution < 1.29 is 9.90 Å². The van der Waals surface area contributed by atoms with Gasteiger partial charge in [0.15, 0.2) is 0 Å². The Morgan fingerprint density at radius 1 is 1.00 bits per heavy atom. The van der Waals surface area contributed by atoms with Crippen LogP contribution in [0.4, 0.5) is 5.69 Å². The Kier molecular flexibility index (Phi) is 3.35. The van der Waals surface area contributed by atoms with Crippen molar-refractivity contribution in [3.8, 4) is 0 Å². The van der Waals surface area contributed by atoms with E-state index < -0.39 is 5.97 Å². The molecule has 128 valence electrons. The molecule has 3 unspecified atom stereocenters. The topological polar surface area (TPSA) is 52.2 Å². The van der Waals surface area contributed by atoms with Crippen LogP contribution in [0.5, 0.6) is 0 Å². The first-order valence-electron chi connectivity index (χ1n) is 8.98. The van der Waals surface area contributed by atoms with Gasteiger partial charge in [-0.05, 0) is 51.9 Å². The molecule has 0 saturated carbocycles. The molecule has 0 fully saturated rings. The minimum atomic E-state index is -1.12. The van der Waals surface area contributed by atoms with E-state index in [1.165, 1.54) is 16.3 Å². The number of carbonyl (C=O) groups is 1. The molecule has 3 atom stereocenters. The molecule has 0 amide bonds. The van der Waals surface area contributed by atoms with Gasteiger partial charge in [0.1, 0.15) is 0 Å². The summed E-state index contributed by atoms with van der Waals surface area (Å²) in [7, 11) is 0. The minimum Gasteiger partial charge on any atom is -0.545 e. The van der Waals surface area contributed by atoms with E-state index in [9.17, 15) is 9.90 Å². The molecule has 1 aliphatic heterocycles. The quantitative estimate of drug-likeness (QED) is 0.717. The van der Waals surface area contributed by atoms with Crippen molar-refractivity contribution in [3.05, 3.63) is 89.5 Å². The summed E-state index contributed by atoms with van der Waals surface area (Å²) < 4.78 is 0. The van der Waals surface area contributed by atoms with E-state index in [1.807, 2.05) is 6.07 Å². The average molecular weight is 340 g/mol. The lowest BCUT2D eigenvalue weighted by atomic mass is 9.76. The van der Waals surface area contributed by atoms with Crippen LogP contribution in [-0.4, -0.2) is 5.97 Å². The molecular formula is C23H18NO2-. The predicted octanol–water partition coefficient (Wildman–Crippen LogP) is 4.03. The molecule has 3 heteroatoms. The summed E-state index contributed by atoms with van der Waals surface area (Å²) in [5.74, 6) is -0.512. The van der Waals surface area contributed by atoms with Crippen molar-refractivity contribution in [2.24, 2.45) is 5.92 Å². The normalized spacial score (nSPS) is 23.3. The van der Waals surface area contributed by atoms with Gasteiger partial charge >= 0.3 is 0 Å². The molecule has 3 aromatic rings. The maximum absolute atomic E-state index is 11.3. The molecule has 1 N–H and O–H groups in total. The highest BCUT2D eigenvalue weighted by molar-refractivity contribution is 5.88. The maximum atomic E-state index is 11.3. The first kappa shape index (κ1) is 15.2. The molecule has 0 spiro atoms. The SMILES string of the molecule is O=C([O-])c1ccc2c(c1)C1C=CCC1C(c1cccc3ccccc13)N2. The molecule has 3 aromatic carbocycles. The number of anilines is 1. The second-order valence-electron chi connectivity index (χ2n) is 7.13. The first-order valence-corrected chi connectivity index (χ1v) is 8.98. The smallest absolute Gasteiger partial charge is 0.0715 e. The number of carbonyl (C=O) groups excluding carboxylic acids is 1. The van der Waals surface area contributed by atoms with Crippen LogP contribution in [0.3, 0.4) is 0 Å². The van der Waals surface area contributed by atoms with Gasteiger partial charge in [-0.1, -0.05) is 60.7 Å². The number of carboxylic acids is 1. The summed E-state index contributed by atoms with van der Waals surface area (Å²) in [6.07, 6.45) is 5.43. The van der Waals surface area contributed by atoms with Crippen molar-refractivity contribution >= 4 is 22.4 Å². The van der Waals surface area contributed by atoms with Gasteiger partial charge in [-0.3, -0.25) is 0 Å². The average Bonchev–Trinajstić information content (AvgIpc) is 3.16. The lowest BCUT2D eigenvalue weighted by Gasteiger charge is -2.38. The van der Waals surface area contributed by atoms with Crippen LogP contribution in [0.1, 0.15) is 39.9 Å². The molecule has 0 aromatic heterocycles. The van der Waals surface area contributed by atoms with Gasteiger partial charge in [-0.2, -0.15) is 0 Å². The monoisotopic (exact) mass is 340 g/mol. The Hall–Kier alpha value is -3.07. The number of aromatic carboxylic acids is 1. The van der Waals surface area contributed by atoms with Crippen LogP contribution in [-0.2, 0) is 0 Å². The van der Waals surface area contributed by atoms with Crippen molar-refractivity contribution in [2.45, 2.75) is 18.4 Å². The minimum absolute atomic E-state index is 0.197. The van der Waals surface area contributed by atoms with E-state index in [-0.39, 0.29) is 17.5 Å². The summed E-state index contributed by atoms with van der Waals surface area (Å²) in [4.78, 5) is 11.3. The first-order chi connectivity index (χ1) is 12.7. The van der Waals surface area contributed by atoms with E-state index in [2.05, 4.69) is 59.9 Å². The molecule has 0 bridgehead atoms. The third kappa shape index (κ3) is 2.24. The highest BCUT2D eigenvalue weighted by Crippen LogP contribution is 2.50. The highest BCUT2D eigenvalue weighted by atomic mass is 16.4. The Morgan fingerprint density at radius 2 is 1.85 bits per heavy atom. The lowest BCUT2D eigenvalue weighted by molar-refractivity contribution is -0.255. The Bertz CT molecular complexity index is 1050. The summed E-state index contributed by atoms with van der Waals surface area (Å²) >= 11 is 0. The van der Waals surface area contributed by atoms with Crippen molar-refractivity contribution in [3.63, 3.8) is 0 Å². The number of hydrogen-bond donors (Lipinski definition) is 1. The summed E-state index contributed by atoms with van der Waals surface area (Å²) in [5.41, 5.74) is 3.62. The Balaban J connectivity index is 1.65. The number of fused-ring (bicyclic) bond motifs is 4. The van der Waals surface area contributed by atoms with Crippen molar-refractivity contribution in [1.82, 2.24) is 0 Å². The molecule has 0 radical (unpaired) electrons. The zero-order valence-corrected chi connectivity index (χ0v) is 14.2. The molecule has 2 aliphatic rings. The van der Waals surface area contributed by atoms with Crippen molar-refractivity contribution in [1.29, 1.82) is 0 Å². The molecule has 26 heavy (non-hydrogen) atoms. The van der Waals surface area contributed by atoms with Gasteiger partial charge < -0.3 is 15.2 Å². The number of carboxylic acid groups (broad SMARTS) is 1. The van der Waals surface area contributed by atoms with E-state index in [0.717, 1.165) is 17.7 Å². The van der Waals surface area contributed by atoms with Crippen molar-refractivity contribution in [2.75, 3.05) is 5.32 Å². The molecule has 3 nitrogen and oxygen atoms in total. The fourth-order valence-corrected chi connectivity index (χ4v) is 4.55. The molecule has 0 saturated heterocycles. The van der Waals surface area contributed by atoms with Crippen LogP contribution in [0.25, 0.3) is 10.8 Å². The van der Waals surface area contributed by atoms with Crippen LogP contribution in [0.15, 0.2) is 72.8 Å². The van der Waals surface area contributed by atoms with Gasteiger partial charge in [-0.25, -0.2) is 0 Å². The zero-order chi connectivity index (χ0) is 17.7. The number of allylic oxidation sites excluding steroid dienone is 2. The number of rotatable bonds is 2. The van der Waals surface area contributed by atoms with E-state index >= 15 is 0 Å². The fraction of sp³-hybridized carbons (Fsp3) is 0.174. The van der Waals surface area contributed by atoms with Gasteiger partial charge in [0, 0.05) is 11.6 Å². The second-order valence-corrected chi connectivity index (χ2v) is 7.13. The Morgan fingerprint density at radius 3 is 2.73 bits per heavy atom.